The van der Waals surface area contributed by atoms with Crippen molar-refractivity contribution < 1.29 is 9.84 Å². The first-order chi connectivity index (χ1) is 11.4. The molecule has 0 saturated heterocycles. The number of hydrogen-bond donors (Lipinski definition) is 1. The van der Waals surface area contributed by atoms with Crippen LogP contribution < -0.4 is 4.74 Å². The van der Waals surface area contributed by atoms with Gasteiger partial charge in [0.25, 0.3) is 0 Å². The summed E-state index contributed by atoms with van der Waals surface area (Å²) in [6.07, 6.45) is 7.72. The zero-order chi connectivity index (χ0) is 15.9. The first kappa shape index (κ1) is 15.9. The van der Waals surface area contributed by atoms with Crippen molar-refractivity contribution in [3.8, 4) is 5.75 Å². The first-order valence-electron chi connectivity index (χ1n) is 8.47. The Kier molecular flexibility index (Phi) is 5.58. The smallest absolute Gasteiger partial charge is 0.151 e. The second-order valence-corrected chi connectivity index (χ2v) is 5.99. The van der Waals surface area contributed by atoms with Gasteiger partial charge in [-0.2, -0.15) is 0 Å². The molecule has 1 heterocycles. The van der Waals surface area contributed by atoms with Crippen LogP contribution >= 0.6 is 0 Å². The molecular formula is C17H24N4O2. The number of aliphatic hydroxyl groups excluding tert-OH is 1. The van der Waals surface area contributed by atoms with Crippen LogP contribution in [0.3, 0.4) is 0 Å². The molecule has 0 saturated carbocycles. The summed E-state index contributed by atoms with van der Waals surface area (Å²) >= 11 is 0. The fraction of sp³-hybridized carbons (Fsp3) is 0.588. The molecule has 0 atom stereocenters. The van der Waals surface area contributed by atoms with Gasteiger partial charge in [0.15, 0.2) is 5.82 Å². The lowest BCUT2D eigenvalue weighted by Crippen LogP contribution is -2.09. The molecule has 1 aliphatic rings. The third-order valence-electron chi connectivity index (χ3n) is 4.30. The van der Waals surface area contributed by atoms with Crippen molar-refractivity contribution in [2.24, 2.45) is 0 Å². The lowest BCUT2D eigenvalue weighted by Gasteiger charge is -2.16. The molecule has 124 valence electrons. The number of tetrazole rings is 1. The van der Waals surface area contributed by atoms with Gasteiger partial charge >= 0.3 is 0 Å². The van der Waals surface area contributed by atoms with E-state index in [-0.39, 0.29) is 6.61 Å². The van der Waals surface area contributed by atoms with Crippen LogP contribution in [0, 0.1) is 0 Å². The molecular weight excluding hydrogens is 292 g/mol. The number of aromatic nitrogens is 4. The van der Waals surface area contributed by atoms with Crippen molar-refractivity contribution >= 4 is 0 Å². The van der Waals surface area contributed by atoms with Crippen molar-refractivity contribution in [3.63, 3.8) is 0 Å². The number of benzene rings is 1. The monoisotopic (exact) mass is 316 g/mol. The fourth-order valence-electron chi connectivity index (χ4n) is 3.05. The summed E-state index contributed by atoms with van der Waals surface area (Å²) in [4.78, 5) is 0. The number of ether oxygens (including phenoxy) is 1. The molecule has 6 heteroatoms. The maximum Gasteiger partial charge on any atom is 0.151 e. The van der Waals surface area contributed by atoms with Crippen molar-refractivity contribution in [1.29, 1.82) is 0 Å². The molecule has 1 aliphatic carbocycles. The third kappa shape index (κ3) is 4.28. The van der Waals surface area contributed by atoms with E-state index in [1.54, 1.807) is 4.68 Å². The van der Waals surface area contributed by atoms with Gasteiger partial charge in [-0.1, -0.05) is 6.07 Å². The molecule has 0 spiro atoms. The zero-order valence-corrected chi connectivity index (χ0v) is 13.4. The average molecular weight is 316 g/mol. The van der Waals surface area contributed by atoms with Crippen molar-refractivity contribution in [2.75, 3.05) is 13.2 Å². The van der Waals surface area contributed by atoms with Crippen LogP contribution in [0.15, 0.2) is 18.2 Å². The highest BCUT2D eigenvalue weighted by Gasteiger charge is 2.10. The maximum absolute atomic E-state index is 8.95. The Morgan fingerprint density at radius 2 is 2.00 bits per heavy atom. The van der Waals surface area contributed by atoms with Gasteiger partial charge in [-0.3, -0.25) is 0 Å². The number of unbranched alkanes of at least 4 members (excludes halogenated alkanes) is 1. The molecule has 2 aromatic rings. The first-order valence-corrected chi connectivity index (χ1v) is 8.47. The second kappa shape index (κ2) is 8.06. The zero-order valence-electron chi connectivity index (χ0n) is 13.4. The Balaban J connectivity index is 1.40. The normalized spacial score (nSPS) is 13.8. The lowest BCUT2D eigenvalue weighted by atomic mass is 9.92. The van der Waals surface area contributed by atoms with Gasteiger partial charge in [0, 0.05) is 6.42 Å². The van der Waals surface area contributed by atoms with Crippen LogP contribution in [0.25, 0.3) is 0 Å². The van der Waals surface area contributed by atoms with Gasteiger partial charge in [-0.15, -0.1) is 5.10 Å². The summed E-state index contributed by atoms with van der Waals surface area (Å²) in [5, 5.41) is 20.4. The van der Waals surface area contributed by atoms with Gasteiger partial charge < -0.3 is 9.84 Å². The average Bonchev–Trinajstić information content (AvgIpc) is 3.02. The Labute approximate surface area is 136 Å². The fourth-order valence-corrected chi connectivity index (χ4v) is 3.05. The number of aliphatic hydroxyl groups is 1. The van der Waals surface area contributed by atoms with Crippen LogP contribution in [0.2, 0.25) is 0 Å². The van der Waals surface area contributed by atoms with Gasteiger partial charge in [0.2, 0.25) is 0 Å². The number of aryl methyl sites for hydroxylation is 3. The standard InChI is InChI=1S/C17H24N4O2/c22-11-10-21-17(18-19-20-21)7-3-4-12-23-16-9-8-14-5-1-2-6-15(14)13-16/h8-9,13,22H,1-7,10-12H2. The van der Waals surface area contributed by atoms with E-state index in [1.807, 2.05) is 0 Å². The SMILES string of the molecule is OCCn1nnnc1CCCCOc1ccc2c(c1)CCCC2. The van der Waals surface area contributed by atoms with Crippen LogP contribution in [-0.4, -0.2) is 38.5 Å². The molecule has 1 aromatic heterocycles. The van der Waals surface area contributed by atoms with Crippen molar-refractivity contribution in [1.82, 2.24) is 20.2 Å². The van der Waals surface area contributed by atoms with Crippen LogP contribution in [0.5, 0.6) is 5.75 Å². The summed E-state index contributed by atoms with van der Waals surface area (Å²) in [5.74, 6) is 1.81. The molecule has 3 rings (SSSR count). The minimum atomic E-state index is 0.0550. The molecule has 0 amide bonds. The molecule has 0 unspecified atom stereocenters. The minimum Gasteiger partial charge on any atom is -0.494 e. The van der Waals surface area contributed by atoms with Gasteiger partial charge in [0.1, 0.15) is 5.75 Å². The van der Waals surface area contributed by atoms with Crippen molar-refractivity contribution in [2.45, 2.75) is 51.5 Å². The van der Waals surface area contributed by atoms with Crippen molar-refractivity contribution in [3.05, 3.63) is 35.2 Å². The predicted molar refractivity (Wildman–Crippen MR) is 86.4 cm³/mol. The van der Waals surface area contributed by atoms with Gasteiger partial charge in [0.05, 0.1) is 19.8 Å². The van der Waals surface area contributed by atoms with Crippen LogP contribution in [0.1, 0.15) is 42.6 Å². The highest BCUT2D eigenvalue weighted by Crippen LogP contribution is 2.25. The number of hydrogen-bond acceptors (Lipinski definition) is 5. The Morgan fingerprint density at radius 3 is 2.87 bits per heavy atom. The number of nitrogens with zero attached hydrogens (tertiary/aromatic N) is 4. The topological polar surface area (TPSA) is 73.1 Å². The van der Waals surface area contributed by atoms with E-state index in [2.05, 4.69) is 33.7 Å². The summed E-state index contributed by atoms with van der Waals surface area (Å²) in [6, 6.07) is 6.51. The van der Waals surface area contributed by atoms with E-state index in [0.29, 0.717) is 13.2 Å². The second-order valence-electron chi connectivity index (χ2n) is 5.99. The minimum absolute atomic E-state index is 0.0550. The molecule has 0 aliphatic heterocycles. The highest BCUT2D eigenvalue weighted by atomic mass is 16.5. The van der Waals surface area contributed by atoms with Gasteiger partial charge in [-0.05, 0) is 72.2 Å². The quantitative estimate of drug-likeness (QED) is 0.754. The number of rotatable bonds is 8. The summed E-state index contributed by atoms with van der Waals surface area (Å²) in [6.45, 7) is 1.22. The van der Waals surface area contributed by atoms with E-state index < -0.39 is 0 Å². The Bertz CT molecular complexity index is 627. The maximum atomic E-state index is 8.95. The van der Waals surface area contributed by atoms with E-state index >= 15 is 0 Å². The molecule has 1 aromatic carbocycles. The number of fused-ring (bicyclic) bond motifs is 1. The van der Waals surface area contributed by atoms with E-state index in [4.69, 9.17) is 9.84 Å². The molecule has 6 nitrogen and oxygen atoms in total. The molecule has 0 bridgehead atoms. The van der Waals surface area contributed by atoms with Crippen LogP contribution in [-0.2, 0) is 25.8 Å². The Morgan fingerprint density at radius 1 is 1.13 bits per heavy atom. The molecule has 23 heavy (non-hydrogen) atoms. The molecule has 1 N–H and O–H groups in total. The third-order valence-corrected chi connectivity index (χ3v) is 4.30. The summed E-state index contributed by atoms with van der Waals surface area (Å²) < 4.78 is 7.53. The Hall–Kier alpha value is -1.95. The predicted octanol–water partition coefficient (Wildman–Crippen LogP) is 1.95. The van der Waals surface area contributed by atoms with Crippen LogP contribution in [0.4, 0.5) is 0 Å². The van der Waals surface area contributed by atoms with E-state index in [1.165, 1.54) is 36.8 Å². The van der Waals surface area contributed by atoms with E-state index in [9.17, 15) is 0 Å². The van der Waals surface area contributed by atoms with Gasteiger partial charge in [-0.25, -0.2) is 4.68 Å². The largest absolute Gasteiger partial charge is 0.494 e. The summed E-state index contributed by atoms with van der Waals surface area (Å²) in [5.41, 5.74) is 2.94. The lowest BCUT2D eigenvalue weighted by molar-refractivity contribution is 0.265. The molecule has 0 radical (unpaired) electrons. The van der Waals surface area contributed by atoms with E-state index in [0.717, 1.165) is 30.8 Å². The summed E-state index contributed by atoms with van der Waals surface area (Å²) in [7, 11) is 0. The molecule has 0 fully saturated rings. The highest BCUT2D eigenvalue weighted by molar-refractivity contribution is 5.37.